The summed E-state index contributed by atoms with van der Waals surface area (Å²) in [4.78, 5) is 0. The largest absolute Gasteiger partial charge is 0.457 e. The van der Waals surface area contributed by atoms with Gasteiger partial charge < -0.3 is 4.74 Å². The third-order valence-electron chi connectivity index (χ3n) is 3.53. The molecule has 0 atom stereocenters. The minimum Gasteiger partial charge on any atom is -0.457 e. The van der Waals surface area contributed by atoms with Gasteiger partial charge in [-0.3, -0.25) is 0 Å². The Hall–Kier alpha value is -2.40. The van der Waals surface area contributed by atoms with Crippen molar-refractivity contribution in [1.82, 2.24) is 15.0 Å². The predicted octanol–water partition coefficient (Wildman–Crippen LogP) is 3.66. The fourth-order valence-corrected chi connectivity index (χ4v) is 3.12. The van der Waals surface area contributed by atoms with E-state index in [2.05, 4.69) is 42.2 Å². The van der Waals surface area contributed by atoms with E-state index in [1.165, 1.54) is 0 Å². The lowest BCUT2D eigenvalue weighted by Crippen LogP contribution is -2.38. The summed E-state index contributed by atoms with van der Waals surface area (Å²) in [5.74, 6) is 1.67. The number of ether oxygens (including phenoxy) is 1. The zero-order valence-electron chi connectivity index (χ0n) is 13.7. The van der Waals surface area contributed by atoms with Gasteiger partial charge in [-0.05, 0) is 29.8 Å². The van der Waals surface area contributed by atoms with Crippen molar-refractivity contribution in [2.45, 2.75) is 26.2 Å². The van der Waals surface area contributed by atoms with Crippen LogP contribution in [0.1, 0.15) is 5.56 Å². The second kappa shape index (κ2) is 6.38. The average molecular weight is 323 g/mol. The highest BCUT2D eigenvalue weighted by molar-refractivity contribution is 6.88. The monoisotopic (exact) mass is 323 g/mol. The molecule has 1 heterocycles. The van der Waals surface area contributed by atoms with E-state index in [-0.39, 0.29) is 0 Å². The summed E-state index contributed by atoms with van der Waals surface area (Å²) >= 11 is 0. The number of hydrogen-bond acceptors (Lipinski definition) is 3. The molecule has 0 amide bonds. The van der Waals surface area contributed by atoms with E-state index in [1.54, 1.807) is 0 Å². The van der Waals surface area contributed by atoms with Crippen molar-refractivity contribution >= 4 is 13.4 Å². The highest BCUT2D eigenvalue weighted by atomic mass is 28.3. The molecule has 0 fully saturated rings. The molecule has 1 aromatic heterocycles. The summed E-state index contributed by atoms with van der Waals surface area (Å²) in [5, 5.41) is 9.70. The van der Waals surface area contributed by atoms with Gasteiger partial charge in [0.15, 0.2) is 0 Å². The van der Waals surface area contributed by atoms with Crippen LogP contribution in [0.2, 0.25) is 19.6 Å². The number of benzene rings is 2. The van der Waals surface area contributed by atoms with Gasteiger partial charge in [0.2, 0.25) is 0 Å². The van der Waals surface area contributed by atoms with Crippen molar-refractivity contribution in [2.75, 3.05) is 0 Å². The molecule has 0 aliphatic carbocycles. The number of aromatic nitrogens is 3. The van der Waals surface area contributed by atoms with Gasteiger partial charge >= 0.3 is 0 Å². The van der Waals surface area contributed by atoms with E-state index in [9.17, 15) is 0 Å². The summed E-state index contributed by atoms with van der Waals surface area (Å²) in [6, 6.07) is 17.9. The minimum absolute atomic E-state index is 0.698. The molecule has 2 aromatic carbocycles. The Morgan fingerprint density at radius 3 is 2.39 bits per heavy atom. The smallest absolute Gasteiger partial charge is 0.127 e. The van der Waals surface area contributed by atoms with E-state index < -0.39 is 8.07 Å². The molecule has 0 saturated heterocycles. The van der Waals surface area contributed by atoms with Gasteiger partial charge in [0.1, 0.15) is 19.6 Å². The molecule has 3 rings (SSSR count). The fourth-order valence-electron chi connectivity index (χ4n) is 2.24. The van der Waals surface area contributed by atoms with Gasteiger partial charge in [-0.1, -0.05) is 55.2 Å². The molecule has 0 radical (unpaired) electrons. The van der Waals surface area contributed by atoms with Crippen LogP contribution in [0.25, 0.3) is 0 Å². The highest BCUT2D eigenvalue weighted by Gasteiger charge is 2.20. The molecule has 0 bridgehead atoms. The Balaban J connectivity index is 1.74. The van der Waals surface area contributed by atoms with Gasteiger partial charge in [-0.25, -0.2) is 4.68 Å². The number of hydrogen-bond donors (Lipinski definition) is 0. The Morgan fingerprint density at radius 1 is 0.957 bits per heavy atom. The van der Waals surface area contributed by atoms with Crippen LogP contribution in [0.4, 0.5) is 0 Å². The molecule has 118 valence electrons. The van der Waals surface area contributed by atoms with Crippen molar-refractivity contribution in [1.29, 1.82) is 0 Å². The Bertz CT molecular complexity index is 778. The summed E-state index contributed by atoms with van der Waals surface area (Å²) in [5.41, 5.74) is 1.14. The van der Waals surface area contributed by atoms with Gasteiger partial charge in [0.05, 0.1) is 11.9 Å². The van der Waals surface area contributed by atoms with Crippen LogP contribution in [0.3, 0.4) is 0 Å². The Morgan fingerprint density at radius 2 is 1.70 bits per heavy atom. The lowest BCUT2D eigenvalue weighted by atomic mass is 10.2. The topological polar surface area (TPSA) is 39.9 Å². The first-order chi connectivity index (χ1) is 11.0. The summed E-state index contributed by atoms with van der Waals surface area (Å²) in [6.45, 7) is 7.52. The first kappa shape index (κ1) is 15.5. The summed E-state index contributed by atoms with van der Waals surface area (Å²) in [6.07, 6.45) is 2.07. The third kappa shape index (κ3) is 4.07. The molecule has 23 heavy (non-hydrogen) atoms. The van der Waals surface area contributed by atoms with Crippen molar-refractivity contribution < 1.29 is 4.74 Å². The molecule has 0 spiro atoms. The molecule has 0 aliphatic heterocycles. The van der Waals surface area contributed by atoms with Crippen LogP contribution in [0, 0.1) is 0 Å². The average Bonchev–Trinajstić information content (AvgIpc) is 2.97. The van der Waals surface area contributed by atoms with Crippen molar-refractivity contribution in [3.05, 3.63) is 66.4 Å². The molecular formula is C18H21N3OSi. The van der Waals surface area contributed by atoms with E-state index in [4.69, 9.17) is 4.74 Å². The number of para-hydroxylation sites is 1. The second-order valence-corrected chi connectivity index (χ2v) is 11.6. The van der Waals surface area contributed by atoms with Gasteiger partial charge in [-0.2, -0.15) is 0 Å². The Labute approximate surface area is 137 Å². The first-order valence-electron chi connectivity index (χ1n) is 7.73. The van der Waals surface area contributed by atoms with Crippen molar-refractivity contribution in [3.8, 4) is 11.5 Å². The quantitative estimate of drug-likeness (QED) is 0.673. The zero-order chi connectivity index (χ0) is 16.3. The lowest BCUT2D eigenvalue weighted by Gasteiger charge is -2.10. The molecule has 0 saturated carbocycles. The number of rotatable bonds is 5. The molecular weight excluding hydrogens is 302 g/mol. The van der Waals surface area contributed by atoms with Crippen LogP contribution in [0.5, 0.6) is 11.5 Å². The second-order valence-electron chi connectivity index (χ2n) is 6.61. The molecule has 3 aromatic rings. The van der Waals surface area contributed by atoms with Crippen molar-refractivity contribution in [2.24, 2.45) is 0 Å². The minimum atomic E-state index is -1.41. The maximum Gasteiger partial charge on any atom is 0.127 e. The van der Waals surface area contributed by atoms with Gasteiger partial charge in [-0.15, -0.1) is 5.10 Å². The zero-order valence-corrected chi connectivity index (χ0v) is 14.7. The van der Waals surface area contributed by atoms with Crippen molar-refractivity contribution in [3.63, 3.8) is 0 Å². The predicted molar refractivity (Wildman–Crippen MR) is 95.1 cm³/mol. The maximum atomic E-state index is 5.88. The van der Waals surface area contributed by atoms with Crippen LogP contribution in [-0.2, 0) is 6.54 Å². The molecule has 4 nitrogen and oxygen atoms in total. The normalized spacial score (nSPS) is 11.4. The molecule has 0 unspecified atom stereocenters. The lowest BCUT2D eigenvalue weighted by molar-refractivity contribution is 0.481. The van der Waals surface area contributed by atoms with E-state index in [0.717, 1.165) is 22.4 Å². The summed E-state index contributed by atoms with van der Waals surface area (Å²) in [7, 11) is -1.41. The van der Waals surface area contributed by atoms with E-state index >= 15 is 0 Å². The van der Waals surface area contributed by atoms with Crippen LogP contribution < -0.4 is 10.1 Å². The Kier molecular flexibility index (Phi) is 4.30. The van der Waals surface area contributed by atoms with E-state index in [1.807, 2.05) is 53.2 Å². The maximum absolute atomic E-state index is 5.88. The van der Waals surface area contributed by atoms with Crippen LogP contribution in [-0.4, -0.2) is 23.1 Å². The molecule has 0 N–H and O–H groups in total. The SMILES string of the molecule is C[Si](C)(C)c1cn(Cc2cccc(Oc3ccccc3)c2)nn1. The molecule has 5 heteroatoms. The summed E-state index contributed by atoms with van der Waals surface area (Å²) < 4.78 is 7.78. The van der Waals surface area contributed by atoms with Gasteiger partial charge in [0, 0.05) is 6.20 Å². The number of nitrogens with zero attached hydrogens (tertiary/aromatic N) is 3. The fraction of sp³-hybridized carbons (Fsp3) is 0.222. The van der Waals surface area contributed by atoms with Gasteiger partial charge in [0.25, 0.3) is 0 Å². The third-order valence-corrected chi connectivity index (χ3v) is 5.29. The van der Waals surface area contributed by atoms with Crippen LogP contribution >= 0.6 is 0 Å². The highest BCUT2D eigenvalue weighted by Crippen LogP contribution is 2.22. The van der Waals surface area contributed by atoms with E-state index in [0.29, 0.717) is 6.54 Å². The molecule has 0 aliphatic rings. The van der Waals surface area contributed by atoms with Crippen LogP contribution in [0.15, 0.2) is 60.8 Å². The standard InChI is InChI=1S/C18H21N3OSi/c1-23(2,3)18-14-21(20-19-18)13-15-8-7-11-17(12-15)22-16-9-5-4-6-10-16/h4-12,14H,13H2,1-3H3. The first-order valence-corrected chi connectivity index (χ1v) is 11.2.